The van der Waals surface area contributed by atoms with E-state index >= 15 is 0 Å². The second kappa shape index (κ2) is 4.46. The molecule has 2 atom stereocenters. The van der Waals surface area contributed by atoms with Crippen molar-refractivity contribution in [2.75, 3.05) is 0 Å². The number of phenols is 1. The summed E-state index contributed by atoms with van der Waals surface area (Å²) in [5.41, 5.74) is 6.31. The van der Waals surface area contributed by atoms with E-state index in [0.29, 0.717) is 11.8 Å². The van der Waals surface area contributed by atoms with Gasteiger partial charge in [0.15, 0.2) is 0 Å². The summed E-state index contributed by atoms with van der Waals surface area (Å²) >= 11 is 0. The van der Waals surface area contributed by atoms with Crippen molar-refractivity contribution in [2.45, 2.75) is 18.0 Å². The van der Waals surface area contributed by atoms with Gasteiger partial charge >= 0.3 is 0 Å². The Hall–Kier alpha value is -2.58. The lowest BCUT2D eigenvalue weighted by atomic mass is 9.75. The Morgan fingerprint density at radius 2 is 1.52 bits per heavy atom. The zero-order valence-electron chi connectivity index (χ0n) is 12.7. The zero-order chi connectivity index (χ0) is 15.4. The molecule has 0 radical (unpaired) electrons. The van der Waals surface area contributed by atoms with E-state index in [2.05, 4.69) is 53.8 Å². The molecule has 0 saturated heterocycles. The molecule has 3 aromatic rings. The minimum absolute atomic E-state index is 0.303. The Balaban J connectivity index is 1.87. The maximum absolute atomic E-state index is 9.69. The SMILES string of the molecule is Oc1ccc(C23NC(Cc4ccccc42)c2ccccc23)cc1. The molecule has 2 nitrogen and oxygen atoms in total. The van der Waals surface area contributed by atoms with Crippen molar-refractivity contribution in [2.24, 2.45) is 0 Å². The molecule has 0 amide bonds. The number of hydrogen-bond acceptors (Lipinski definition) is 2. The lowest BCUT2D eigenvalue weighted by Crippen LogP contribution is -2.44. The van der Waals surface area contributed by atoms with Gasteiger partial charge in [-0.1, -0.05) is 60.7 Å². The Morgan fingerprint density at radius 3 is 2.35 bits per heavy atom. The van der Waals surface area contributed by atoms with Gasteiger partial charge in [-0.2, -0.15) is 0 Å². The predicted octanol–water partition coefficient (Wildman–Crippen LogP) is 3.88. The number of phenolic OH excluding ortho intramolecular Hbond substituents is 1. The van der Waals surface area contributed by atoms with Crippen LogP contribution in [-0.2, 0) is 12.0 Å². The molecule has 0 aliphatic carbocycles. The van der Waals surface area contributed by atoms with E-state index < -0.39 is 0 Å². The van der Waals surface area contributed by atoms with Gasteiger partial charge in [-0.3, -0.25) is 5.32 Å². The van der Waals surface area contributed by atoms with E-state index in [9.17, 15) is 5.11 Å². The number of fused-ring (bicyclic) bond motifs is 7. The number of benzene rings is 3. The summed E-state index contributed by atoms with van der Waals surface area (Å²) in [7, 11) is 0. The third kappa shape index (κ3) is 1.61. The van der Waals surface area contributed by atoms with Crippen molar-refractivity contribution in [3.63, 3.8) is 0 Å². The molecule has 0 saturated carbocycles. The first-order valence-corrected chi connectivity index (χ1v) is 8.04. The van der Waals surface area contributed by atoms with Crippen molar-refractivity contribution in [3.05, 3.63) is 101 Å². The van der Waals surface area contributed by atoms with E-state index in [1.807, 2.05) is 12.1 Å². The number of hydrogen-bond donors (Lipinski definition) is 2. The molecular formula is C21H17NO. The van der Waals surface area contributed by atoms with Gasteiger partial charge < -0.3 is 5.11 Å². The normalized spacial score (nSPS) is 24.1. The maximum Gasteiger partial charge on any atom is 0.115 e. The van der Waals surface area contributed by atoms with Gasteiger partial charge in [0.05, 0.1) is 5.54 Å². The van der Waals surface area contributed by atoms with Gasteiger partial charge in [0.1, 0.15) is 5.75 Å². The highest BCUT2D eigenvalue weighted by atomic mass is 16.3. The van der Waals surface area contributed by atoms with Crippen LogP contribution in [0.2, 0.25) is 0 Å². The summed E-state index contributed by atoms with van der Waals surface area (Å²) in [6, 6.07) is 25.4. The molecule has 0 fully saturated rings. The van der Waals surface area contributed by atoms with E-state index in [1.54, 1.807) is 12.1 Å². The van der Waals surface area contributed by atoms with E-state index in [0.717, 1.165) is 6.42 Å². The van der Waals surface area contributed by atoms with Crippen LogP contribution < -0.4 is 5.32 Å². The second-order valence-electron chi connectivity index (χ2n) is 6.44. The maximum atomic E-state index is 9.69. The van der Waals surface area contributed by atoms with E-state index in [-0.39, 0.29) is 5.54 Å². The highest BCUT2D eigenvalue weighted by Gasteiger charge is 2.49. The van der Waals surface area contributed by atoms with Gasteiger partial charge in [0, 0.05) is 6.04 Å². The summed E-state index contributed by atoms with van der Waals surface area (Å²) in [6.07, 6.45) is 1.02. The van der Waals surface area contributed by atoms with Crippen LogP contribution in [0, 0.1) is 0 Å². The van der Waals surface area contributed by atoms with Gasteiger partial charge in [0.2, 0.25) is 0 Å². The largest absolute Gasteiger partial charge is 0.508 e. The first-order valence-electron chi connectivity index (χ1n) is 8.04. The lowest BCUT2D eigenvalue weighted by Gasteiger charge is -2.38. The molecule has 23 heavy (non-hydrogen) atoms. The van der Waals surface area contributed by atoms with Crippen LogP contribution in [0.3, 0.4) is 0 Å². The van der Waals surface area contributed by atoms with Crippen LogP contribution >= 0.6 is 0 Å². The summed E-state index contributed by atoms with van der Waals surface area (Å²) in [4.78, 5) is 0. The molecule has 0 aromatic heterocycles. The van der Waals surface area contributed by atoms with Crippen molar-refractivity contribution in [1.82, 2.24) is 5.32 Å². The molecule has 2 N–H and O–H groups in total. The summed E-state index contributed by atoms with van der Waals surface area (Å²) in [5.74, 6) is 0.303. The van der Waals surface area contributed by atoms with Crippen molar-refractivity contribution in [3.8, 4) is 5.75 Å². The first kappa shape index (κ1) is 12.9. The van der Waals surface area contributed by atoms with Gasteiger partial charge in [-0.25, -0.2) is 0 Å². The molecule has 5 rings (SSSR count). The van der Waals surface area contributed by atoms with Gasteiger partial charge in [-0.15, -0.1) is 0 Å². The van der Waals surface area contributed by atoms with Crippen LogP contribution in [0.5, 0.6) is 5.75 Å². The monoisotopic (exact) mass is 299 g/mol. The van der Waals surface area contributed by atoms with Gasteiger partial charge in [0.25, 0.3) is 0 Å². The third-order valence-electron chi connectivity index (χ3n) is 5.28. The summed E-state index contributed by atoms with van der Waals surface area (Å²) in [6.45, 7) is 0. The Labute approximate surface area is 135 Å². The highest BCUT2D eigenvalue weighted by molar-refractivity contribution is 5.61. The minimum atomic E-state index is -0.316. The van der Waals surface area contributed by atoms with Crippen LogP contribution in [0.4, 0.5) is 0 Å². The number of aromatic hydroxyl groups is 1. The van der Waals surface area contributed by atoms with Crippen LogP contribution in [0.1, 0.15) is 33.9 Å². The third-order valence-corrected chi connectivity index (χ3v) is 5.28. The number of rotatable bonds is 1. The average Bonchev–Trinajstić information content (AvgIpc) is 2.87. The fourth-order valence-corrected chi connectivity index (χ4v) is 4.33. The minimum Gasteiger partial charge on any atom is -0.508 e. The number of nitrogens with one attached hydrogen (secondary N) is 1. The molecule has 2 aliphatic rings. The molecule has 2 bridgehead atoms. The van der Waals surface area contributed by atoms with Crippen LogP contribution in [-0.4, -0.2) is 5.11 Å². The quantitative estimate of drug-likeness (QED) is 0.714. The van der Waals surface area contributed by atoms with E-state index in [4.69, 9.17) is 0 Å². The first-order chi connectivity index (χ1) is 11.3. The zero-order valence-corrected chi connectivity index (χ0v) is 12.7. The Kier molecular flexibility index (Phi) is 2.51. The van der Waals surface area contributed by atoms with Crippen molar-refractivity contribution in [1.29, 1.82) is 0 Å². The van der Waals surface area contributed by atoms with Crippen LogP contribution in [0.15, 0.2) is 72.8 Å². The smallest absolute Gasteiger partial charge is 0.115 e. The van der Waals surface area contributed by atoms with Crippen LogP contribution in [0.25, 0.3) is 0 Å². The Morgan fingerprint density at radius 1 is 0.826 bits per heavy atom. The van der Waals surface area contributed by atoms with Crippen molar-refractivity contribution >= 4 is 0 Å². The van der Waals surface area contributed by atoms with Crippen molar-refractivity contribution < 1.29 is 5.11 Å². The molecule has 3 aromatic carbocycles. The standard InChI is InChI=1S/C21H17NO/c23-16-11-9-15(10-12-16)21-18-7-3-1-5-14(18)13-20(22-21)17-6-2-4-8-19(17)21/h1-12,20,22-23H,13H2. The molecule has 112 valence electrons. The molecule has 0 spiro atoms. The van der Waals surface area contributed by atoms with Gasteiger partial charge in [-0.05, 0) is 46.4 Å². The fraction of sp³-hybridized carbons (Fsp3) is 0.143. The summed E-state index contributed by atoms with van der Waals surface area (Å²) in [5, 5.41) is 13.6. The molecule has 2 aliphatic heterocycles. The molecular weight excluding hydrogens is 282 g/mol. The topological polar surface area (TPSA) is 32.3 Å². The molecule has 2 unspecified atom stereocenters. The molecule has 2 heterocycles. The summed E-state index contributed by atoms with van der Waals surface area (Å²) < 4.78 is 0. The second-order valence-corrected chi connectivity index (χ2v) is 6.44. The highest BCUT2D eigenvalue weighted by Crippen LogP contribution is 2.51. The average molecular weight is 299 g/mol. The Bertz CT molecular complexity index is 887. The molecule has 2 heteroatoms. The fourth-order valence-electron chi connectivity index (χ4n) is 4.33. The lowest BCUT2D eigenvalue weighted by molar-refractivity contribution is 0.413. The van der Waals surface area contributed by atoms with E-state index in [1.165, 1.54) is 27.8 Å². The predicted molar refractivity (Wildman–Crippen MR) is 90.5 cm³/mol.